The molecule has 0 aliphatic carbocycles. The molecule has 4 N–H and O–H groups in total. The number of aromatic amines is 4. The number of aromatic nitrogens is 4. The molecule has 0 radical (unpaired) electrons. The molecule has 0 atom stereocenters. The van der Waals surface area contributed by atoms with Crippen LogP contribution in [0.4, 0.5) is 35.1 Å². The lowest BCUT2D eigenvalue weighted by Gasteiger charge is -2.00. The summed E-state index contributed by atoms with van der Waals surface area (Å²) >= 11 is 0. The predicted octanol–water partition coefficient (Wildman–Crippen LogP) is 4.79. The lowest BCUT2D eigenvalue weighted by molar-refractivity contribution is 0.491. The molecular weight excluding hydrogens is 448 g/mol. The summed E-state index contributed by atoms with van der Waals surface area (Å²) in [6, 6.07) is 0. The van der Waals surface area contributed by atoms with Gasteiger partial charge in [-0.3, -0.25) is 0 Å². The van der Waals surface area contributed by atoms with Gasteiger partial charge in [-0.15, -0.1) is 0 Å². The van der Waals surface area contributed by atoms with Gasteiger partial charge in [0.1, 0.15) is 0 Å². The lowest BCUT2D eigenvalue weighted by Crippen LogP contribution is -1.98. The topological polar surface area (TPSA) is 63.2 Å². The minimum atomic E-state index is -1.39. The second-order valence-electron chi connectivity index (χ2n) is 7.55. The summed E-state index contributed by atoms with van der Waals surface area (Å²) in [7, 11) is 0. The second-order valence-corrected chi connectivity index (χ2v) is 7.55. The summed E-state index contributed by atoms with van der Waals surface area (Å²) in [5, 5.41) is 0. The number of fused-ring (bicyclic) bond motifs is 8. The minimum absolute atomic E-state index is 0.469. The van der Waals surface area contributed by atoms with Crippen molar-refractivity contribution in [3.8, 4) is 0 Å². The fourth-order valence-corrected chi connectivity index (χ4v) is 3.91. The van der Waals surface area contributed by atoms with Gasteiger partial charge >= 0.3 is 0 Å². The summed E-state index contributed by atoms with van der Waals surface area (Å²) < 4.78 is 115. The number of H-pyrrole nitrogens is 4. The van der Waals surface area contributed by atoms with Gasteiger partial charge < -0.3 is 19.9 Å². The van der Waals surface area contributed by atoms with Gasteiger partial charge in [-0.25, -0.2) is 35.1 Å². The van der Waals surface area contributed by atoms with Crippen LogP contribution < -0.4 is 0 Å². The average molecular weight is 460 g/mol. The van der Waals surface area contributed by atoms with Gasteiger partial charge in [-0.2, -0.15) is 0 Å². The Morgan fingerprint density at radius 1 is 0.281 bits per heavy atom. The molecule has 4 nitrogen and oxygen atoms in total. The van der Waals surface area contributed by atoms with Crippen LogP contribution in [0.25, 0.3) is 0 Å². The fourth-order valence-electron chi connectivity index (χ4n) is 3.91. The zero-order chi connectivity index (χ0) is 22.9. The van der Waals surface area contributed by atoms with E-state index in [-0.39, 0.29) is 0 Å². The number of rotatable bonds is 0. The molecular formula is C20H12F8N4. The van der Waals surface area contributed by atoms with Crippen LogP contribution in [0.15, 0.2) is 0 Å². The third kappa shape index (κ3) is 2.96. The van der Waals surface area contributed by atoms with Gasteiger partial charge in [0, 0.05) is 25.7 Å². The van der Waals surface area contributed by atoms with Gasteiger partial charge in [0.25, 0.3) is 0 Å². The molecule has 5 heterocycles. The zero-order valence-electron chi connectivity index (χ0n) is 15.9. The largest absolute Gasteiger partial charge is 0.357 e. The van der Waals surface area contributed by atoms with E-state index in [9.17, 15) is 35.1 Å². The molecule has 168 valence electrons. The Morgan fingerprint density at radius 3 is 0.531 bits per heavy atom. The van der Waals surface area contributed by atoms with Crippen molar-refractivity contribution in [2.75, 3.05) is 0 Å². The first-order valence-electron chi connectivity index (χ1n) is 9.34. The number of halogens is 8. The third-order valence-electron chi connectivity index (χ3n) is 5.51. The smallest absolute Gasteiger partial charge is 0.180 e. The van der Waals surface area contributed by atoms with Gasteiger partial charge in [0.15, 0.2) is 46.5 Å². The fraction of sp³-hybridized carbons (Fsp3) is 0.200. The Hall–Kier alpha value is -3.44. The van der Waals surface area contributed by atoms with Crippen LogP contribution >= 0.6 is 0 Å². The van der Waals surface area contributed by atoms with Crippen LogP contribution in [0.3, 0.4) is 0 Å². The van der Waals surface area contributed by atoms with Gasteiger partial charge in [0.05, 0.1) is 45.6 Å². The van der Waals surface area contributed by atoms with Crippen LogP contribution in [0.5, 0.6) is 0 Å². The Balaban J connectivity index is 1.70. The monoisotopic (exact) mass is 460 g/mol. The first-order valence-corrected chi connectivity index (χ1v) is 9.34. The minimum Gasteiger partial charge on any atom is -0.357 e. The van der Waals surface area contributed by atoms with E-state index in [0.717, 1.165) is 0 Å². The van der Waals surface area contributed by atoms with Crippen molar-refractivity contribution < 1.29 is 35.1 Å². The average Bonchev–Trinajstić information content (AvgIpc) is 3.37. The maximum absolute atomic E-state index is 14.3. The van der Waals surface area contributed by atoms with E-state index in [0.29, 0.717) is 0 Å². The van der Waals surface area contributed by atoms with E-state index in [1.54, 1.807) is 0 Å². The summed E-state index contributed by atoms with van der Waals surface area (Å²) in [5.74, 6) is -11.2. The maximum atomic E-state index is 14.3. The van der Waals surface area contributed by atoms with Crippen molar-refractivity contribution >= 4 is 0 Å². The van der Waals surface area contributed by atoms with Crippen LogP contribution in [0.1, 0.15) is 45.6 Å². The molecule has 8 bridgehead atoms. The van der Waals surface area contributed by atoms with E-state index in [1.807, 2.05) is 0 Å². The molecule has 5 rings (SSSR count). The van der Waals surface area contributed by atoms with Crippen molar-refractivity contribution in [1.29, 1.82) is 0 Å². The lowest BCUT2D eigenvalue weighted by atomic mass is 10.2. The molecule has 4 aromatic rings. The third-order valence-corrected chi connectivity index (χ3v) is 5.51. The zero-order valence-corrected chi connectivity index (χ0v) is 15.9. The molecule has 0 saturated carbocycles. The van der Waals surface area contributed by atoms with Crippen molar-refractivity contribution in [3.63, 3.8) is 0 Å². The highest BCUT2D eigenvalue weighted by Gasteiger charge is 2.28. The van der Waals surface area contributed by atoms with Crippen molar-refractivity contribution in [2.24, 2.45) is 0 Å². The Morgan fingerprint density at radius 2 is 0.406 bits per heavy atom. The highest BCUT2D eigenvalue weighted by atomic mass is 19.2. The van der Waals surface area contributed by atoms with Gasteiger partial charge in [-0.1, -0.05) is 0 Å². The molecule has 0 aromatic carbocycles. The molecule has 1 aliphatic rings. The first kappa shape index (κ1) is 20.5. The van der Waals surface area contributed by atoms with Crippen molar-refractivity contribution in [2.45, 2.75) is 25.7 Å². The number of hydrogen-bond donors (Lipinski definition) is 4. The molecule has 0 unspecified atom stereocenters. The quantitative estimate of drug-likeness (QED) is 0.240. The van der Waals surface area contributed by atoms with E-state index in [2.05, 4.69) is 19.9 Å². The van der Waals surface area contributed by atoms with E-state index in [4.69, 9.17) is 0 Å². The first-order chi connectivity index (χ1) is 15.2. The van der Waals surface area contributed by atoms with Crippen LogP contribution in [-0.2, 0) is 25.7 Å². The van der Waals surface area contributed by atoms with Crippen LogP contribution in [0.2, 0.25) is 0 Å². The standard InChI is InChI=1S/C20H12F8N4/c21-13-5-1-6-14(22)16(24)8(30-6)3-10-18(26)20(28)12(32-10)4-11-19(27)17(25)9(31-11)2-7(29-5)15(13)23/h29-32H,1-4H2. The van der Waals surface area contributed by atoms with Gasteiger partial charge in [-0.05, 0) is 0 Å². The highest BCUT2D eigenvalue weighted by molar-refractivity contribution is 5.34. The number of hydrogen-bond acceptors (Lipinski definition) is 0. The highest BCUT2D eigenvalue weighted by Crippen LogP contribution is 2.29. The molecule has 0 saturated heterocycles. The second kappa shape index (κ2) is 7.04. The molecule has 0 spiro atoms. The molecule has 12 heteroatoms. The van der Waals surface area contributed by atoms with E-state index in [1.165, 1.54) is 0 Å². The van der Waals surface area contributed by atoms with E-state index >= 15 is 0 Å². The van der Waals surface area contributed by atoms with Crippen molar-refractivity contribution in [3.05, 3.63) is 92.1 Å². The predicted molar refractivity (Wildman–Crippen MR) is 94.1 cm³/mol. The summed E-state index contributed by atoms with van der Waals surface area (Å²) in [5.41, 5.74) is -3.75. The molecule has 1 aliphatic heterocycles. The maximum Gasteiger partial charge on any atom is 0.180 e. The summed E-state index contributed by atoms with van der Waals surface area (Å²) in [6.07, 6.45) is -2.59. The number of nitrogens with one attached hydrogen (secondary N) is 4. The molecule has 4 aromatic heterocycles. The Bertz CT molecular complexity index is 1070. The van der Waals surface area contributed by atoms with Crippen LogP contribution in [0, 0.1) is 46.5 Å². The Labute approximate surface area is 173 Å². The van der Waals surface area contributed by atoms with Crippen LogP contribution in [-0.4, -0.2) is 19.9 Å². The normalized spacial score (nSPS) is 13.8. The summed E-state index contributed by atoms with van der Waals surface area (Å²) in [4.78, 5) is 9.39. The molecule has 32 heavy (non-hydrogen) atoms. The SMILES string of the molecule is Fc1c2[nH]c(c1F)Cc1[nH]c(c(F)c1F)Cc1[nH]c(c(F)c1F)Cc1[nH]c(c(F)c1F)C2. The van der Waals surface area contributed by atoms with Crippen molar-refractivity contribution in [1.82, 2.24) is 19.9 Å². The molecule has 0 fully saturated rings. The van der Waals surface area contributed by atoms with Gasteiger partial charge in [0.2, 0.25) is 0 Å². The molecule has 0 amide bonds. The Kier molecular flexibility index (Phi) is 4.50. The summed E-state index contributed by atoms with van der Waals surface area (Å²) in [6.45, 7) is 0. The van der Waals surface area contributed by atoms with E-state index < -0.39 is 118 Å².